The second-order valence-electron chi connectivity index (χ2n) is 11.6. The summed E-state index contributed by atoms with van der Waals surface area (Å²) in [5.41, 5.74) is 12.6. The van der Waals surface area contributed by atoms with Crippen LogP contribution < -0.4 is 5.32 Å². The van der Waals surface area contributed by atoms with Gasteiger partial charge in [-0.25, -0.2) is 0 Å². The largest absolute Gasteiger partial charge is 0.355 e. The van der Waals surface area contributed by atoms with E-state index in [9.17, 15) is 0 Å². The van der Waals surface area contributed by atoms with Crippen LogP contribution in [0.4, 0.5) is 11.4 Å². The Bertz CT molecular complexity index is 2140. The predicted molar refractivity (Wildman–Crippen MR) is 192 cm³/mol. The third kappa shape index (κ3) is 5.12. The molecule has 0 fully saturated rings. The third-order valence-corrected chi connectivity index (χ3v) is 9.99. The van der Waals surface area contributed by atoms with E-state index < -0.39 is 0 Å². The molecule has 2 heteroatoms. The van der Waals surface area contributed by atoms with Gasteiger partial charge in [-0.1, -0.05) is 109 Å². The van der Waals surface area contributed by atoms with Crippen LogP contribution in [0.2, 0.25) is 0 Å². The highest BCUT2D eigenvalue weighted by molar-refractivity contribution is 7.26. The second-order valence-corrected chi connectivity index (χ2v) is 12.7. The third-order valence-electron chi connectivity index (χ3n) is 8.77. The summed E-state index contributed by atoms with van der Waals surface area (Å²) in [6.45, 7) is 0. The second kappa shape index (κ2) is 11.6. The van der Waals surface area contributed by atoms with E-state index >= 15 is 0 Å². The van der Waals surface area contributed by atoms with Crippen LogP contribution in [0.3, 0.4) is 0 Å². The van der Waals surface area contributed by atoms with E-state index in [-0.39, 0.29) is 0 Å². The fourth-order valence-corrected chi connectivity index (χ4v) is 7.81. The molecule has 1 heterocycles. The van der Waals surface area contributed by atoms with Gasteiger partial charge in [-0.2, -0.15) is 0 Å². The lowest BCUT2D eigenvalue weighted by Gasteiger charge is -2.20. The van der Waals surface area contributed by atoms with Crippen molar-refractivity contribution in [1.29, 1.82) is 0 Å². The van der Waals surface area contributed by atoms with Crippen LogP contribution in [0.5, 0.6) is 0 Å². The zero-order chi connectivity index (χ0) is 29.3. The number of thiophene rings is 1. The molecule has 0 amide bonds. The van der Waals surface area contributed by atoms with Crippen molar-refractivity contribution in [3.63, 3.8) is 0 Å². The molecule has 0 bridgehead atoms. The lowest BCUT2D eigenvalue weighted by atomic mass is 9.88. The van der Waals surface area contributed by atoms with Crippen LogP contribution in [0.15, 0.2) is 146 Å². The maximum Gasteiger partial charge on any atom is 0.0464 e. The van der Waals surface area contributed by atoms with E-state index in [1.54, 1.807) is 0 Å². The number of allylic oxidation sites excluding steroid dienone is 8. The molecule has 212 valence electrons. The van der Waals surface area contributed by atoms with Crippen LogP contribution in [0.25, 0.3) is 48.0 Å². The van der Waals surface area contributed by atoms with Gasteiger partial charge < -0.3 is 5.32 Å². The van der Waals surface area contributed by atoms with Crippen molar-refractivity contribution in [2.45, 2.75) is 25.7 Å². The fraction of sp³-hybridized carbons (Fsp3) is 0.0952. The van der Waals surface area contributed by atoms with E-state index in [4.69, 9.17) is 0 Å². The van der Waals surface area contributed by atoms with Gasteiger partial charge in [-0.3, -0.25) is 0 Å². The Balaban J connectivity index is 1.23. The van der Waals surface area contributed by atoms with Crippen molar-refractivity contribution in [3.05, 3.63) is 162 Å². The SMILES string of the molecule is C1=CC(c2cccc(-c3ccc(Nc4ccccc4)c(C4=CCCC(c5cccc6c5sc5ccccc56)=C4)c3)c2)=CCC1. The Hall–Kier alpha value is -4.92. The maximum absolute atomic E-state index is 3.73. The van der Waals surface area contributed by atoms with Crippen molar-refractivity contribution >= 4 is 59.6 Å². The molecule has 0 saturated carbocycles. The molecule has 2 aliphatic carbocycles. The molecular formula is C42H33NS. The Labute approximate surface area is 263 Å². The molecule has 8 rings (SSSR count). The molecule has 6 aromatic rings. The van der Waals surface area contributed by atoms with Gasteiger partial charge in [-0.05, 0) is 101 Å². The standard InChI is InChI=1S/C42H33NS/c1-3-12-29(13-4-1)30-14-9-15-31(26-30)32-24-25-40(43-35-18-5-2-6-19-35)39(28-32)34-17-10-16-33(27-34)36-21-11-22-38-37-20-7-8-23-41(37)44-42(36)38/h2-3,5-9,11-15,17-28,43H,1,4,10,16H2. The van der Waals surface area contributed by atoms with Crippen LogP contribution >= 0.6 is 11.3 Å². The summed E-state index contributed by atoms with van der Waals surface area (Å²) in [5.74, 6) is 0. The Morgan fingerprint density at radius 3 is 2.27 bits per heavy atom. The van der Waals surface area contributed by atoms with E-state index in [0.717, 1.165) is 37.1 Å². The number of benzene rings is 5. The molecule has 1 aromatic heterocycles. The van der Waals surface area contributed by atoms with E-state index in [1.165, 1.54) is 64.7 Å². The highest BCUT2D eigenvalue weighted by Crippen LogP contribution is 2.42. The van der Waals surface area contributed by atoms with Gasteiger partial charge in [0.1, 0.15) is 0 Å². The molecule has 1 nitrogen and oxygen atoms in total. The molecule has 0 spiro atoms. The summed E-state index contributed by atoms with van der Waals surface area (Å²) in [6.07, 6.45) is 16.1. The minimum Gasteiger partial charge on any atom is -0.355 e. The summed E-state index contributed by atoms with van der Waals surface area (Å²) in [7, 11) is 0. The van der Waals surface area contributed by atoms with Crippen molar-refractivity contribution < 1.29 is 0 Å². The summed E-state index contributed by atoms with van der Waals surface area (Å²) in [5, 5.41) is 6.44. The molecule has 0 aliphatic heterocycles. The molecule has 2 aliphatic rings. The molecule has 44 heavy (non-hydrogen) atoms. The quantitative estimate of drug-likeness (QED) is 0.206. The topological polar surface area (TPSA) is 12.0 Å². The van der Waals surface area contributed by atoms with Crippen LogP contribution in [-0.4, -0.2) is 0 Å². The highest BCUT2D eigenvalue weighted by atomic mass is 32.1. The number of hydrogen-bond acceptors (Lipinski definition) is 2. The Kier molecular flexibility index (Phi) is 7.06. The van der Waals surface area contributed by atoms with Crippen LogP contribution in [0.1, 0.15) is 42.4 Å². The van der Waals surface area contributed by atoms with Crippen molar-refractivity contribution in [2.24, 2.45) is 0 Å². The molecule has 0 atom stereocenters. The first-order valence-electron chi connectivity index (χ1n) is 15.6. The van der Waals surface area contributed by atoms with Crippen LogP contribution in [-0.2, 0) is 0 Å². The average Bonchev–Trinajstić information content (AvgIpc) is 3.48. The monoisotopic (exact) mass is 583 g/mol. The predicted octanol–water partition coefficient (Wildman–Crippen LogP) is 12.5. The first-order chi connectivity index (χ1) is 21.8. The Morgan fingerprint density at radius 2 is 1.36 bits per heavy atom. The summed E-state index contributed by atoms with van der Waals surface area (Å²) >= 11 is 1.91. The van der Waals surface area contributed by atoms with E-state index in [1.807, 2.05) is 11.3 Å². The van der Waals surface area contributed by atoms with Crippen LogP contribution in [0, 0.1) is 0 Å². The summed E-state index contributed by atoms with van der Waals surface area (Å²) in [4.78, 5) is 0. The minimum absolute atomic E-state index is 1.02. The van der Waals surface area contributed by atoms with E-state index in [0.29, 0.717) is 0 Å². The van der Waals surface area contributed by atoms with Crippen molar-refractivity contribution in [2.75, 3.05) is 5.32 Å². The summed E-state index contributed by atoms with van der Waals surface area (Å²) in [6, 6.07) is 42.0. The molecule has 1 N–H and O–H groups in total. The van der Waals surface area contributed by atoms with Gasteiger partial charge in [0, 0.05) is 37.1 Å². The first-order valence-corrected chi connectivity index (χ1v) is 16.4. The molecule has 0 saturated heterocycles. The minimum atomic E-state index is 1.02. The van der Waals surface area contributed by atoms with Gasteiger partial charge >= 0.3 is 0 Å². The molecule has 0 unspecified atom stereocenters. The zero-order valence-electron chi connectivity index (χ0n) is 24.6. The number of rotatable bonds is 6. The van der Waals surface area contributed by atoms with Crippen molar-refractivity contribution in [3.8, 4) is 11.1 Å². The molecule has 5 aromatic carbocycles. The number of hydrogen-bond donors (Lipinski definition) is 1. The first kappa shape index (κ1) is 26.7. The number of nitrogens with one attached hydrogen (secondary N) is 1. The Morgan fingerprint density at radius 1 is 0.568 bits per heavy atom. The normalized spacial score (nSPS) is 14.8. The van der Waals surface area contributed by atoms with E-state index in [2.05, 4.69) is 151 Å². The van der Waals surface area contributed by atoms with Crippen molar-refractivity contribution in [1.82, 2.24) is 0 Å². The highest BCUT2D eigenvalue weighted by Gasteiger charge is 2.17. The van der Waals surface area contributed by atoms with Gasteiger partial charge in [-0.15, -0.1) is 11.3 Å². The summed E-state index contributed by atoms with van der Waals surface area (Å²) < 4.78 is 2.74. The fourth-order valence-electron chi connectivity index (χ4n) is 6.56. The van der Waals surface area contributed by atoms with Gasteiger partial charge in [0.25, 0.3) is 0 Å². The number of para-hydroxylation sites is 1. The smallest absolute Gasteiger partial charge is 0.0464 e. The van der Waals surface area contributed by atoms with Gasteiger partial charge in [0.2, 0.25) is 0 Å². The average molecular weight is 584 g/mol. The lowest BCUT2D eigenvalue weighted by Crippen LogP contribution is -1.99. The number of anilines is 2. The van der Waals surface area contributed by atoms with Gasteiger partial charge in [0.05, 0.1) is 0 Å². The maximum atomic E-state index is 3.73. The lowest BCUT2D eigenvalue weighted by molar-refractivity contribution is 1.04. The molecule has 0 radical (unpaired) electrons. The zero-order valence-corrected chi connectivity index (χ0v) is 25.4. The van der Waals surface area contributed by atoms with Gasteiger partial charge in [0.15, 0.2) is 0 Å². The molecular weight excluding hydrogens is 551 g/mol. The number of fused-ring (bicyclic) bond motifs is 3.